The molecule has 0 bridgehead atoms. The molecule has 2 aliphatic heterocycles. The van der Waals surface area contributed by atoms with Gasteiger partial charge in [0.1, 0.15) is 0 Å². The van der Waals surface area contributed by atoms with E-state index in [4.69, 9.17) is 12.8 Å². The molecule has 4 nitrogen and oxygen atoms in total. The standard InChI is InChI=1S/2C6H11N.2C5H9N/c1-6-3-4-7(2)5-6;1-4-5-6-7(2)3;1-6-4-2-3-5-6;1-3-4-5-6-2/h5H,3-4H2,1-2H3;1H,5-6H2,2-3H3;2,4H,3,5H2,1H3;1,6H,4-5H2,2H3. The maximum Gasteiger partial charge on any atom is 0.0214 e. The normalized spacial score (nSPS) is 14.1. The van der Waals surface area contributed by atoms with Gasteiger partial charge >= 0.3 is 0 Å². The molecular formula is C22H40N4. The van der Waals surface area contributed by atoms with Crippen LogP contribution in [0.1, 0.15) is 32.6 Å². The van der Waals surface area contributed by atoms with E-state index in [0.717, 1.165) is 25.9 Å². The molecule has 148 valence electrons. The van der Waals surface area contributed by atoms with Crippen LogP contribution in [0.5, 0.6) is 0 Å². The van der Waals surface area contributed by atoms with Gasteiger partial charge in [-0.25, -0.2) is 0 Å². The highest BCUT2D eigenvalue weighted by Gasteiger charge is 2.01. The maximum absolute atomic E-state index is 5.00. The van der Waals surface area contributed by atoms with Crippen LogP contribution in [0.2, 0.25) is 0 Å². The van der Waals surface area contributed by atoms with E-state index >= 15 is 0 Å². The lowest BCUT2D eigenvalue weighted by atomic mass is 10.3. The van der Waals surface area contributed by atoms with Gasteiger partial charge in [0.2, 0.25) is 0 Å². The molecule has 0 radical (unpaired) electrons. The van der Waals surface area contributed by atoms with Crippen molar-refractivity contribution in [2.45, 2.75) is 32.6 Å². The Morgan fingerprint density at radius 3 is 1.92 bits per heavy atom. The number of nitrogens with zero attached hydrogens (tertiary/aromatic N) is 3. The first-order chi connectivity index (χ1) is 12.4. The zero-order chi connectivity index (χ0) is 20.2. The Bertz CT molecular complexity index is 452. The van der Waals surface area contributed by atoms with Crippen molar-refractivity contribution in [1.82, 2.24) is 20.0 Å². The average molecular weight is 361 g/mol. The van der Waals surface area contributed by atoms with Gasteiger partial charge < -0.3 is 20.0 Å². The quantitative estimate of drug-likeness (QED) is 0.615. The minimum atomic E-state index is 0.830. The minimum absolute atomic E-state index is 0.830. The smallest absolute Gasteiger partial charge is 0.0214 e. The zero-order valence-electron chi connectivity index (χ0n) is 17.9. The molecule has 0 aromatic rings. The summed E-state index contributed by atoms with van der Waals surface area (Å²) in [6, 6.07) is 0. The lowest BCUT2D eigenvalue weighted by Gasteiger charge is -2.03. The van der Waals surface area contributed by atoms with Gasteiger partial charge in [0.25, 0.3) is 0 Å². The fourth-order valence-corrected chi connectivity index (χ4v) is 1.95. The number of nitrogens with one attached hydrogen (secondary N) is 1. The third kappa shape index (κ3) is 22.1. The van der Waals surface area contributed by atoms with Crippen molar-refractivity contribution in [2.24, 2.45) is 0 Å². The van der Waals surface area contributed by atoms with Crippen molar-refractivity contribution in [1.29, 1.82) is 0 Å². The predicted octanol–water partition coefficient (Wildman–Crippen LogP) is 2.86. The summed E-state index contributed by atoms with van der Waals surface area (Å²) in [5.74, 6) is 5.06. The van der Waals surface area contributed by atoms with Crippen LogP contribution in [0.4, 0.5) is 0 Å². The Balaban J connectivity index is 0. The van der Waals surface area contributed by atoms with E-state index in [9.17, 15) is 0 Å². The van der Waals surface area contributed by atoms with Crippen LogP contribution < -0.4 is 5.32 Å². The molecule has 0 amide bonds. The molecule has 0 saturated carbocycles. The van der Waals surface area contributed by atoms with Crippen LogP contribution in [0.3, 0.4) is 0 Å². The first-order valence-corrected chi connectivity index (χ1v) is 9.28. The summed E-state index contributed by atoms with van der Waals surface area (Å²) in [4.78, 5) is 6.47. The van der Waals surface area contributed by atoms with Gasteiger partial charge in [-0.05, 0) is 53.3 Å². The Kier molecular flexibility index (Phi) is 19.7. The molecule has 0 saturated heterocycles. The summed E-state index contributed by atoms with van der Waals surface area (Å²) in [6.07, 6.45) is 20.6. The van der Waals surface area contributed by atoms with Crippen molar-refractivity contribution >= 4 is 0 Å². The molecule has 26 heavy (non-hydrogen) atoms. The van der Waals surface area contributed by atoms with Crippen LogP contribution in [0.15, 0.2) is 24.0 Å². The maximum atomic E-state index is 5.00. The molecule has 2 rings (SSSR count). The molecule has 0 spiro atoms. The van der Waals surface area contributed by atoms with Gasteiger partial charge in [-0.3, -0.25) is 0 Å². The van der Waals surface area contributed by atoms with E-state index in [1.165, 1.54) is 31.5 Å². The van der Waals surface area contributed by atoms with Crippen LogP contribution in [-0.2, 0) is 0 Å². The monoisotopic (exact) mass is 360 g/mol. The molecular weight excluding hydrogens is 320 g/mol. The van der Waals surface area contributed by atoms with Crippen molar-refractivity contribution < 1.29 is 0 Å². The topological polar surface area (TPSA) is 21.8 Å². The molecule has 0 fully saturated rings. The SMILES string of the molecule is C#CCCN(C)C.C#CCCNC.CC1=CN(C)CC1.CN1C=CCC1. The Hall–Kier alpha value is -1.88. The highest BCUT2D eigenvalue weighted by molar-refractivity contribution is 5.03. The van der Waals surface area contributed by atoms with Gasteiger partial charge in [-0.1, -0.05) is 11.6 Å². The van der Waals surface area contributed by atoms with Crippen molar-refractivity contribution in [3.05, 3.63) is 24.0 Å². The molecule has 0 unspecified atom stereocenters. The van der Waals surface area contributed by atoms with Crippen molar-refractivity contribution in [2.75, 3.05) is 61.4 Å². The third-order valence-corrected chi connectivity index (χ3v) is 3.53. The van der Waals surface area contributed by atoms with Crippen LogP contribution >= 0.6 is 0 Å². The second-order valence-electron chi connectivity index (χ2n) is 6.68. The highest BCUT2D eigenvalue weighted by atomic mass is 15.1. The van der Waals surface area contributed by atoms with Crippen LogP contribution in [0.25, 0.3) is 0 Å². The lowest BCUT2D eigenvalue weighted by molar-refractivity contribution is 0.420. The molecule has 0 atom stereocenters. The van der Waals surface area contributed by atoms with Gasteiger partial charge in [0, 0.05) is 53.1 Å². The lowest BCUT2D eigenvalue weighted by Crippen LogP contribution is -2.11. The number of hydrogen-bond acceptors (Lipinski definition) is 4. The third-order valence-electron chi connectivity index (χ3n) is 3.53. The van der Waals surface area contributed by atoms with Gasteiger partial charge in [0.05, 0.1) is 0 Å². The second-order valence-corrected chi connectivity index (χ2v) is 6.68. The molecule has 0 aliphatic carbocycles. The molecule has 2 aliphatic rings. The van der Waals surface area contributed by atoms with E-state index in [-0.39, 0.29) is 0 Å². The van der Waals surface area contributed by atoms with Gasteiger partial charge in [0.15, 0.2) is 0 Å². The fourth-order valence-electron chi connectivity index (χ4n) is 1.95. The Morgan fingerprint density at radius 1 is 1.12 bits per heavy atom. The van der Waals surface area contributed by atoms with Gasteiger partial charge in [-0.2, -0.15) is 0 Å². The first-order valence-electron chi connectivity index (χ1n) is 9.28. The van der Waals surface area contributed by atoms with E-state index in [1.807, 2.05) is 21.1 Å². The summed E-state index contributed by atoms with van der Waals surface area (Å²) in [5.41, 5.74) is 1.50. The number of terminal acetylenes is 2. The van der Waals surface area contributed by atoms with Crippen molar-refractivity contribution in [3.8, 4) is 24.7 Å². The van der Waals surface area contributed by atoms with E-state index in [1.54, 1.807) is 0 Å². The number of rotatable bonds is 4. The molecule has 2 heterocycles. The Labute approximate surface area is 163 Å². The van der Waals surface area contributed by atoms with Crippen LogP contribution in [-0.4, -0.2) is 76.1 Å². The molecule has 0 aromatic carbocycles. The molecule has 1 N–H and O–H groups in total. The summed E-state index contributed by atoms with van der Waals surface area (Å²) >= 11 is 0. The summed E-state index contributed by atoms with van der Waals surface area (Å²) in [6.45, 7) is 6.52. The summed E-state index contributed by atoms with van der Waals surface area (Å²) < 4.78 is 0. The largest absolute Gasteiger partial charge is 0.380 e. The molecule has 4 heteroatoms. The van der Waals surface area contributed by atoms with E-state index < -0.39 is 0 Å². The summed E-state index contributed by atoms with van der Waals surface area (Å²) in [7, 11) is 10.1. The average Bonchev–Trinajstić information content (AvgIpc) is 3.23. The molecule has 0 aromatic heterocycles. The summed E-state index contributed by atoms with van der Waals surface area (Å²) in [5, 5.41) is 2.93. The van der Waals surface area contributed by atoms with Gasteiger partial charge in [-0.15, -0.1) is 24.7 Å². The van der Waals surface area contributed by atoms with E-state index in [2.05, 4.69) is 71.4 Å². The predicted molar refractivity (Wildman–Crippen MR) is 117 cm³/mol. The first kappa shape index (κ1) is 26.4. The second kappa shape index (κ2) is 19.4. The minimum Gasteiger partial charge on any atom is -0.380 e. The fraction of sp³-hybridized carbons (Fsp3) is 0.636. The number of hydrogen-bond donors (Lipinski definition) is 1. The van der Waals surface area contributed by atoms with Crippen molar-refractivity contribution in [3.63, 3.8) is 0 Å². The highest BCUT2D eigenvalue weighted by Crippen LogP contribution is 2.09. The van der Waals surface area contributed by atoms with Crippen LogP contribution in [0, 0.1) is 24.7 Å². The Morgan fingerprint density at radius 2 is 1.77 bits per heavy atom. The van der Waals surface area contributed by atoms with E-state index in [0.29, 0.717) is 0 Å². The zero-order valence-corrected chi connectivity index (χ0v) is 17.9.